The van der Waals surface area contributed by atoms with E-state index in [0.717, 1.165) is 37.4 Å². The van der Waals surface area contributed by atoms with E-state index in [1.165, 1.54) is 22.9 Å². The highest BCUT2D eigenvalue weighted by Gasteiger charge is 2.15. The fourth-order valence-electron chi connectivity index (χ4n) is 1.97. The van der Waals surface area contributed by atoms with E-state index in [1.54, 1.807) is 0 Å². The molecule has 0 fully saturated rings. The maximum absolute atomic E-state index is 8.57. The van der Waals surface area contributed by atoms with Gasteiger partial charge in [0.05, 0.1) is 6.61 Å². The van der Waals surface area contributed by atoms with Crippen LogP contribution in [0.2, 0.25) is 0 Å². The van der Waals surface area contributed by atoms with Gasteiger partial charge in [-0.25, -0.2) is 0 Å². The third-order valence-corrected chi connectivity index (χ3v) is 3.77. The Morgan fingerprint density at radius 3 is 2.65 bits per heavy atom. The maximum atomic E-state index is 8.57. The number of hydrogen-bond acceptors (Lipinski definition) is 3. The summed E-state index contributed by atoms with van der Waals surface area (Å²) in [5.74, 6) is 1.88. The van der Waals surface area contributed by atoms with Crippen molar-refractivity contribution in [2.24, 2.45) is 0 Å². The van der Waals surface area contributed by atoms with Gasteiger partial charge in [0.1, 0.15) is 11.2 Å². The molecule has 3 heteroatoms. The molecular weight excluding hydrogens is 266 g/mol. The summed E-state index contributed by atoms with van der Waals surface area (Å²) in [6, 6.07) is 6.53. The molecule has 110 valence electrons. The van der Waals surface area contributed by atoms with Crippen LogP contribution in [0.25, 0.3) is 0 Å². The van der Waals surface area contributed by atoms with Gasteiger partial charge in [-0.05, 0) is 53.6 Å². The highest BCUT2D eigenvalue weighted by molar-refractivity contribution is 8.03. The van der Waals surface area contributed by atoms with E-state index in [2.05, 4.69) is 51.3 Å². The molecule has 0 atom stereocenters. The number of thioether (sulfide) groups is 1. The Kier molecular flexibility index (Phi) is 6.95. The predicted octanol–water partition coefficient (Wildman–Crippen LogP) is 4.92. The molecule has 2 nitrogen and oxygen atoms in total. The van der Waals surface area contributed by atoms with Crippen LogP contribution in [-0.2, 0) is 11.8 Å². The summed E-state index contributed by atoms with van der Waals surface area (Å²) in [5.41, 5.74) is 2.76. The minimum atomic E-state index is 0.152. The second-order valence-corrected chi connectivity index (χ2v) is 6.84. The minimum Gasteiger partial charge on any atom is -0.493 e. The van der Waals surface area contributed by atoms with Crippen molar-refractivity contribution in [2.75, 3.05) is 12.4 Å². The van der Waals surface area contributed by atoms with E-state index in [4.69, 9.17) is 10.00 Å². The van der Waals surface area contributed by atoms with Crippen LogP contribution in [0.3, 0.4) is 0 Å². The second-order valence-electron chi connectivity index (χ2n) is 5.96. The van der Waals surface area contributed by atoms with Crippen molar-refractivity contribution in [1.82, 2.24) is 0 Å². The summed E-state index contributed by atoms with van der Waals surface area (Å²) < 4.78 is 5.84. The highest BCUT2D eigenvalue weighted by Crippen LogP contribution is 2.29. The number of nitriles is 1. The van der Waals surface area contributed by atoms with E-state index >= 15 is 0 Å². The first-order valence-electron chi connectivity index (χ1n) is 7.26. The van der Waals surface area contributed by atoms with Gasteiger partial charge in [0.15, 0.2) is 0 Å². The van der Waals surface area contributed by atoms with E-state index in [9.17, 15) is 0 Å². The molecule has 0 heterocycles. The molecule has 0 spiro atoms. The summed E-state index contributed by atoms with van der Waals surface area (Å²) in [4.78, 5) is 0. The van der Waals surface area contributed by atoms with Crippen LogP contribution in [0, 0.1) is 10.7 Å². The van der Waals surface area contributed by atoms with Crippen LogP contribution in [0.4, 0.5) is 0 Å². The number of ether oxygens (including phenoxy) is 1. The van der Waals surface area contributed by atoms with Gasteiger partial charge >= 0.3 is 0 Å². The van der Waals surface area contributed by atoms with Gasteiger partial charge < -0.3 is 4.74 Å². The smallest absolute Gasteiger partial charge is 0.133 e. The molecule has 20 heavy (non-hydrogen) atoms. The molecular formula is C17H25NOS. The fourth-order valence-corrected chi connectivity index (χ4v) is 2.35. The normalized spacial score (nSPS) is 11.2. The molecule has 0 saturated carbocycles. The lowest BCUT2D eigenvalue weighted by Gasteiger charge is -2.21. The topological polar surface area (TPSA) is 33.0 Å². The van der Waals surface area contributed by atoms with Crippen LogP contribution in [-0.4, -0.2) is 12.4 Å². The molecule has 1 aromatic rings. The zero-order valence-corrected chi connectivity index (χ0v) is 13.8. The Bertz CT molecular complexity index is 457. The molecule has 0 aliphatic carbocycles. The van der Waals surface area contributed by atoms with E-state index in [-0.39, 0.29) is 5.41 Å². The molecule has 0 aliphatic heterocycles. The van der Waals surface area contributed by atoms with Crippen LogP contribution in [0.15, 0.2) is 18.2 Å². The molecule has 0 radical (unpaired) electrons. The molecule has 0 amide bonds. The van der Waals surface area contributed by atoms with Crippen molar-refractivity contribution in [1.29, 1.82) is 5.26 Å². The van der Waals surface area contributed by atoms with Gasteiger partial charge in [-0.1, -0.05) is 39.8 Å². The summed E-state index contributed by atoms with van der Waals surface area (Å²) in [6.07, 6.45) is 3.00. The Labute approximate surface area is 127 Å². The lowest BCUT2D eigenvalue weighted by atomic mass is 9.85. The highest BCUT2D eigenvalue weighted by atomic mass is 32.2. The van der Waals surface area contributed by atoms with Gasteiger partial charge in [-0.15, -0.1) is 0 Å². The fraction of sp³-hybridized carbons (Fsp3) is 0.588. The molecule has 0 bridgehead atoms. The van der Waals surface area contributed by atoms with Crippen molar-refractivity contribution in [3.8, 4) is 11.2 Å². The van der Waals surface area contributed by atoms with Crippen LogP contribution < -0.4 is 4.74 Å². The number of hydrogen-bond donors (Lipinski definition) is 0. The molecule has 0 aromatic heterocycles. The number of benzene rings is 1. The summed E-state index contributed by atoms with van der Waals surface area (Å²) >= 11 is 1.33. The van der Waals surface area contributed by atoms with Gasteiger partial charge in [0.2, 0.25) is 0 Å². The van der Waals surface area contributed by atoms with E-state index in [0.29, 0.717) is 0 Å². The average molecular weight is 291 g/mol. The number of aryl methyl sites for hydroxylation is 1. The molecule has 0 N–H and O–H groups in total. The SMILES string of the molecule is CCCOc1ccc(C(C)(C)C)cc1CCCSC#N. The molecule has 0 saturated heterocycles. The Morgan fingerprint density at radius 2 is 2.05 bits per heavy atom. The van der Waals surface area contributed by atoms with E-state index < -0.39 is 0 Å². The summed E-state index contributed by atoms with van der Waals surface area (Å²) in [6.45, 7) is 9.56. The van der Waals surface area contributed by atoms with Crippen LogP contribution in [0.5, 0.6) is 5.75 Å². The van der Waals surface area contributed by atoms with E-state index in [1.807, 2.05) is 0 Å². The van der Waals surface area contributed by atoms with Gasteiger partial charge in [0, 0.05) is 5.75 Å². The Hall–Kier alpha value is -1.14. The first-order chi connectivity index (χ1) is 9.49. The zero-order chi connectivity index (χ0) is 15.0. The summed E-state index contributed by atoms with van der Waals surface area (Å²) in [7, 11) is 0. The predicted molar refractivity (Wildman–Crippen MR) is 87.3 cm³/mol. The number of thiocyanates is 1. The first-order valence-corrected chi connectivity index (χ1v) is 8.24. The molecule has 1 rings (SSSR count). The van der Waals surface area contributed by atoms with Crippen molar-refractivity contribution in [3.05, 3.63) is 29.3 Å². The average Bonchev–Trinajstić information content (AvgIpc) is 2.41. The second kappa shape index (κ2) is 8.21. The van der Waals surface area contributed by atoms with Gasteiger partial charge in [-0.3, -0.25) is 0 Å². The summed E-state index contributed by atoms with van der Waals surface area (Å²) in [5, 5.41) is 10.7. The maximum Gasteiger partial charge on any atom is 0.133 e. The van der Waals surface area contributed by atoms with Gasteiger partial charge in [-0.2, -0.15) is 5.26 Å². The van der Waals surface area contributed by atoms with Crippen molar-refractivity contribution in [2.45, 2.75) is 52.4 Å². The Morgan fingerprint density at radius 1 is 1.30 bits per heavy atom. The third-order valence-electron chi connectivity index (χ3n) is 3.15. The third kappa shape index (κ3) is 5.46. The van der Waals surface area contributed by atoms with Gasteiger partial charge in [0.25, 0.3) is 0 Å². The number of nitrogens with zero attached hydrogens (tertiary/aromatic N) is 1. The standard InChI is InChI=1S/C17H25NOS/c1-5-10-19-16-9-8-15(17(2,3)4)12-14(16)7-6-11-20-13-18/h8-9,12H,5-7,10-11H2,1-4H3. The lowest BCUT2D eigenvalue weighted by Crippen LogP contribution is -2.12. The molecule has 0 aliphatic rings. The molecule has 1 aromatic carbocycles. The zero-order valence-electron chi connectivity index (χ0n) is 13.0. The van der Waals surface area contributed by atoms with Crippen LogP contribution >= 0.6 is 11.8 Å². The number of rotatable bonds is 7. The lowest BCUT2D eigenvalue weighted by molar-refractivity contribution is 0.314. The first kappa shape index (κ1) is 16.9. The molecule has 0 unspecified atom stereocenters. The Balaban J connectivity index is 2.85. The van der Waals surface area contributed by atoms with Crippen molar-refractivity contribution in [3.63, 3.8) is 0 Å². The quantitative estimate of drug-likeness (QED) is 0.528. The van der Waals surface area contributed by atoms with Crippen LogP contribution in [0.1, 0.15) is 51.7 Å². The monoisotopic (exact) mass is 291 g/mol. The van der Waals surface area contributed by atoms with Crippen molar-refractivity contribution >= 4 is 11.8 Å². The largest absolute Gasteiger partial charge is 0.493 e. The van der Waals surface area contributed by atoms with Crippen molar-refractivity contribution < 1.29 is 4.74 Å². The minimum absolute atomic E-state index is 0.152.